The summed E-state index contributed by atoms with van der Waals surface area (Å²) >= 11 is 0. The Bertz CT molecular complexity index is 809. The Morgan fingerprint density at radius 3 is 1.60 bits per heavy atom. The van der Waals surface area contributed by atoms with Crippen LogP contribution in [0.2, 0.25) is 0 Å². The lowest BCUT2D eigenvalue weighted by Crippen LogP contribution is -2.56. The molecule has 17 heteroatoms. The van der Waals surface area contributed by atoms with E-state index < -0.39 is 60.8 Å². The number of rotatable bonds is 17. The molecule has 0 aromatic rings. The van der Waals surface area contributed by atoms with Crippen molar-refractivity contribution in [3.63, 3.8) is 0 Å². The van der Waals surface area contributed by atoms with Crippen LogP contribution in [-0.4, -0.2) is 89.6 Å². The van der Waals surface area contributed by atoms with Crippen LogP contribution in [0.25, 0.3) is 0 Å². The second kappa shape index (κ2) is 16.5. The fourth-order valence-corrected chi connectivity index (χ4v) is 2.72. The number of nitrogens with two attached hydrogens (primary N) is 5. The van der Waals surface area contributed by atoms with Crippen LogP contribution >= 0.6 is 0 Å². The van der Waals surface area contributed by atoms with Crippen LogP contribution in [0.5, 0.6) is 0 Å². The van der Waals surface area contributed by atoms with Crippen LogP contribution < -0.4 is 44.6 Å². The van der Waals surface area contributed by atoms with Gasteiger partial charge in [0.2, 0.25) is 17.7 Å². The number of carboxylic acid groups (broad SMARTS) is 2. The Morgan fingerprint density at radius 1 is 0.714 bits per heavy atom. The molecule has 0 saturated carbocycles. The molecule has 15 N–H and O–H groups in total. The molecule has 3 unspecified atom stereocenters. The minimum Gasteiger partial charge on any atom is -0.481 e. The van der Waals surface area contributed by atoms with Crippen LogP contribution in [0.3, 0.4) is 0 Å². The van der Waals surface area contributed by atoms with Crippen LogP contribution in [-0.2, 0) is 24.0 Å². The second-order valence-corrected chi connectivity index (χ2v) is 7.28. The zero-order valence-electron chi connectivity index (χ0n) is 19.1. The molecule has 0 radical (unpaired) electrons. The molecule has 0 aliphatic carbocycles. The Labute approximate surface area is 200 Å². The van der Waals surface area contributed by atoms with Gasteiger partial charge in [0.05, 0.1) is 13.0 Å². The van der Waals surface area contributed by atoms with Gasteiger partial charge < -0.3 is 54.8 Å². The van der Waals surface area contributed by atoms with Crippen molar-refractivity contribution in [2.45, 2.75) is 50.2 Å². The number of nitrogens with one attached hydrogen (secondary N) is 3. The van der Waals surface area contributed by atoms with E-state index in [9.17, 15) is 29.1 Å². The summed E-state index contributed by atoms with van der Waals surface area (Å²) in [4.78, 5) is 67.2. The molecule has 198 valence electrons. The largest absolute Gasteiger partial charge is 0.481 e. The van der Waals surface area contributed by atoms with Crippen molar-refractivity contribution < 1.29 is 34.2 Å². The molecular formula is C18H34N10O7. The van der Waals surface area contributed by atoms with E-state index in [1.807, 2.05) is 0 Å². The molecule has 35 heavy (non-hydrogen) atoms. The first kappa shape index (κ1) is 30.8. The zero-order chi connectivity index (χ0) is 27.0. The van der Waals surface area contributed by atoms with E-state index in [1.54, 1.807) is 0 Å². The first-order valence-corrected chi connectivity index (χ1v) is 10.5. The number of amides is 3. The highest BCUT2D eigenvalue weighted by Gasteiger charge is 2.30. The normalized spacial score (nSPS) is 12.8. The molecule has 0 heterocycles. The summed E-state index contributed by atoms with van der Waals surface area (Å²) in [6, 6.07) is -4.13. The average molecular weight is 503 g/mol. The van der Waals surface area contributed by atoms with E-state index in [0.717, 1.165) is 0 Å². The minimum atomic E-state index is -1.52. The molecule has 0 bridgehead atoms. The van der Waals surface area contributed by atoms with E-state index in [-0.39, 0.29) is 50.7 Å². The number of guanidine groups is 2. The Hall–Kier alpha value is -4.15. The van der Waals surface area contributed by atoms with Gasteiger partial charge in [-0.3, -0.25) is 29.2 Å². The quantitative estimate of drug-likeness (QED) is 0.0508. The molecule has 0 aromatic heterocycles. The van der Waals surface area contributed by atoms with Gasteiger partial charge in [-0.2, -0.15) is 0 Å². The van der Waals surface area contributed by atoms with Crippen LogP contribution in [0.4, 0.5) is 0 Å². The van der Waals surface area contributed by atoms with Gasteiger partial charge in [-0.25, -0.2) is 4.79 Å². The average Bonchev–Trinajstić information content (AvgIpc) is 2.76. The predicted octanol–water partition coefficient (Wildman–Crippen LogP) is -4.93. The van der Waals surface area contributed by atoms with Crippen molar-refractivity contribution in [1.29, 1.82) is 0 Å². The summed E-state index contributed by atoms with van der Waals surface area (Å²) < 4.78 is 0. The molecular weight excluding hydrogens is 468 g/mol. The lowest BCUT2D eigenvalue weighted by atomic mass is 10.1. The van der Waals surface area contributed by atoms with Gasteiger partial charge in [0.1, 0.15) is 18.1 Å². The van der Waals surface area contributed by atoms with E-state index in [1.165, 1.54) is 0 Å². The van der Waals surface area contributed by atoms with Gasteiger partial charge in [0.25, 0.3) is 0 Å². The molecule has 0 aliphatic rings. The number of carbonyl (C=O) groups excluding carboxylic acids is 3. The van der Waals surface area contributed by atoms with Gasteiger partial charge in [0, 0.05) is 13.1 Å². The van der Waals surface area contributed by atoms with Crippen LogP contribution in [0, 0.1) is 0 Å². The highest BCUT2D eigenvalue weighted by Crippen LogP contribution is 2.05. The maximum absolute atomic E-state index is 12.8. The van der Waals surface area contributed by atoms with Gasteiger partial charge in [0.15, 0.2) is 11.9 Å². The number of hydrogen-bond donors (Lipinski definition) is 10. The Kier molecular flexibility index (Phi) is 14.5. The maximum Gasteiger partial charge on any atom is 0.326 e. The van der Waals surface area contributed by atoms with Crippen LogP contribution in [0.1, 0.15) is 32.1 Å². The lowest BCUT2D eigenvalue weighted by Gasteiger charge is -2.24. The predicted molar refractivity (Wildman–Crippen MR) is 125 cm³/mol. The van der Waals surface area contributed by atoms with E-state index >= 15 is 0 Å². The number of hydrogen-bond acceptors (Lipinski definition) is 8. The first-order valence-electron chi connectivity index (χ1n) is 10.5. The molecule has 0 rings (SSSR count). The van der Waals surface area contributed by atoms with Crippen molar-refractivity contribution in [2.75, 3.05) is 19.6 Å². The number of aliphatic carboxylic acids is 2. The minimum absolute atomic E-state index is 0.0132. The molecule has 3 amide bonds. The van der Waals surface area contributed by atoms with Crippen LogP contribution in [0.15, 0.2) is 9.98 Å². The molecule has 0 aromatic carbocycles. The van der Waals surface area contributed by atoms with E-state index in [2.05, 4.69) is 25.9 Å². The van der Waals surface area contributed by atoms with Gasteiger partial charge in [-0.05, 0) is 25.7 Å². The first-order chi connectivity index (χ1) is 16.4. The fraction of sp³-hybridized carbons (Fsp3) is 0.611. The third-order valence-corrected chi connectivity index (χ3v) is 4.35. The lowest BCUT2D eigenvalue weighted by molar-refractivity contribution is -0.143. The topological polar surface area (TPSA) is 317 Å². The van der Waals surface area contributed by atoms with Gasteiger partial charge in [-0.1, -0.05) is 0 Å². The number of carboxylic acids is 2. The standard InChI is InChI=1S/C18H34N10O7/c19-8-12(29)26-11(7-13(30)31)15(33)27-9(3-1-5-24-17(20)21)14(32)28-10(16(34)35)4-2-6-25-18(22)23/h9-11H,1-8,19H2,(H,26,29)(H,27,33)(H,28,32)(H,30,31)(H,34,35)(H4,20,21,24)(H4,22,23,25). The Balaban J connectivity index is 5.49. The van der Waals surface area contributed by atoms with Gasteiger partial charge >= 0.3 is 11.9 Å². The number of aliphatic imine (C=N–C) groups is 2. The summed E-state index contributed by atoms with van der Waals surface area (Å²) in [5.41, 5.74) is 26.1. The maximum atomic E-state index is 12.8. The third-order valence-electron chi connectivity index (χ3n) is 4.35. The summed E-state index contributed by atoms with van der Waals surface area (Å²) in [5, 5.41) is 25.3. The summed E-state index contributed by atoms with van der Waals surface area (Å²) in [6.07, 6.45) is -0.373. The highest BCUT2D eigenvalue weighted by atomic mass is 16.4. The molecule has 0 aliphatic heterocycles. The van der Waals surface area contributed by atoms with E-state index in [0.29, 0.717) is 0 Å². The molecule has 0 spiro atoms. The zero-order valence-corrected chi connectivity index (χ0v) is 19.1. The van der Waals surface area contributed by atoms with Crippen molar-refractivity contribution in [3.05, 3.63) is 0 Å². The molecule has 0 saturated heterocycles. The van der Waals surface area contributed by atoms with Crippen molar-refractivity contribution in [2.24, 2.45) is 38.7 Å². The SMILES string of the molecule is NCC(=O)NC(CC(=O)O)C(=O)NC(CCCN=C(N)N)C(=O)NC(CCCN=C(N)N)C(=O)O. The van der Waals surface area contributed by atoms with Crippen molar-refractivity contribution >= 4 is 41.6 Å². The van der Waals surface area contributed by atoms with Gasteiger partial charge in [-0.15, -0.1) is 0 Å². The molecule has 0 fully saturated rings. The summed E-state index contributed by atoms with van der Waals surface area (Å²) in [6.45, 7) is -0.254. The number of nitrogens with zero attached hydrogens (tertiary/aromatic N) is 2. The molecule has 3 atom stereocenters. The highest BCUT2D eigenvalue weighted by molar-refractivity contribution is 5.95. The van der Waals surface area contributed by atoms with E-state index in [4.69, 9.17) is 33.8 Å². The molecule has 17 nitrogen and oxygen atoms in total. The summed E-state index contributed by atoms with van der Waals surface area (Å²) in [7, 11) is 0. The number of carbonyl (C=O) groups is 5. The second-order valence-electron chi connectivity index (χ2n) is 7.28. The fourth-order valence-electron chi connectivity index (χ4n) is 2.72. The third kappa shape index (κ3) is 14.6. The monoisotopic (exact) mass is 502 g/mol. The van der Waals surface area contributed by atoms with Crippen molar-refractivity contribution in [1.82, 2.24) is 16.0 Å². The van der Waals surface area contributed by atoms with Crippen molar-refractivity contribution in [3.8, 4) is 0 Å². The summed E-state index contributed by atoms with van der Waals surface area (Å²) in [5.74, 6) is -5.68. The smallest absolute Gasteiger partial charge is 0.326 e. The Morgan fingerprint density at radius 2 is 1.17 bits per heavy atom.